The highest BCUT2D eigenvalue weighted by atomic mass is 16.5. The topological polar surface area (TPSA) is 12.5 Å². The zero-order valence-electron chi connectivity index (χ0n) is 9.07. The normalized spacial score (nSPS) is 33.0. The van der Waals surface area contributed by atoms with Crippen LogP contribution in [0.5, 0.6) is 0 Å². The number of nitrogens with zero attached hydrogens (tertiary/aromatic N) is 1. The maximum Gasteiger partial charge on any atom is 0.0726 e. The van der Waals surface area contributed by atoms with Crippen LogP contribution in [0.25, 0.3) is 0 Å². The molecule has 0 N–H and O–H groups in total. The molecule has 1 aliphatic carbocycles. The summed E-state index contributed by atoms with van der Waals surface area (Å²) in [6.07, 6.45) is 9.94. The van der Waals surface area contributed by atoms with E-state index in [2.05, 4.69) is 37.0 Å². The summed E-state index contributed by atoms with van der Waals surface area (Å²) < 4.78 is 5.71. The van der Waals surface area contributed by atoms with Crippen molar-refractivity contribution in [1.82, 2.24) is 4.90 Å². The first kappa shape index (κ1) is 9.78. The van der Waals surface area contributed by atoms with Gasteiger partial charge in [0, 0.05) is 18.8 Å². The van der Waals surface area contributed by atoms with Crippen molar-refractivity contribution in [2.45, 2.75) is 38.9 Å². The van der Waals surface area contributed by atoms with Crippen LogP contribution in [0.4, 0.5) is 0 Å². The van der Waals surface area contributed by atoms with Crippen molar-refractivity contribution in [2.24, 2.45) is 0 Å². The van der Waals surface area contributed by atoms with Crippen LogP contribution in [0.15, 0.2) is 23.9 Å². The van der Waals surface area contributed by atoms with Crippen molar-refractivity contribution in [3.8, 4) is 0 Å². The summed E-state index contributed by atoms with van der Waals surface area (Å²) in [6.45, 7) is 6.35. The van der Waals surface area contributed by atoms with E-state index in [1.807, 2.05) is 0 Å². The Morgan fingerprint density at radius 3 is 2.50 bits per heavy atom. The largest absolute Gasteiger partial charge is 0.372 e. The fourth-order valence-electron chi connectivity index (χ4n) is 2.22. The predicted octanol–water partition coefficient (Wildman–Crippen LogP) is 2.33. The quantitative estimate of drug-likeness (QED) is 0.633. The van der Waals surface area contributed by atoms with Gasteiger partial charge in [0.15, 0.2) is 0 Å². The second kappa shape index (κ2) is 4.18. The molecule has 2 aliphatic rings. The Morgan fingerprint density at radius 1 is 1.21 bits per heavy atom. The van der Waals surface area contributed by atoms with E-state index in [1.54, 1.807) is 0 Å². The van der Waals surface area contributed by atoms with Gasteiger partial charge in [0.1, 0.15) is 0 Å². The van der Waals surface area contributed by atoms with E-state index in [-0.39, 0.29) is 0 Å². The highest BCUT2D eigenvalue weighted by Gasteiger charge is 2.22. The molecule has 0 unspecified atom stereocenters. The molecule has 0 amide bonds. The molecule has 1 saturated heterocycles. The van der Waals surface area contributed by atoms with E-state index >= 15 is 0 Å². The summed E-state index contributed by atoms with van der Waals surface area (Å²) in [7, 11) is 0. The van der Waals surface area contributed by atoms with Crippen molar-refractivity contribution in [1.29, 1.82) is 0 Å². The molecule has 2 atom stereocenters. The van der Waals surface area contributed by atoms with E-state index in [0.717, 1.165) is 13.1 Å². The first-order valence-corrected chi connectivity index (χ1v) is 5.53. The minimum absolute atomic E-state index is 0.356. The lowest BCUT2D eigenvalue weighted by Crippen LogP contribution is -2.44. The first-order valence-electron chi connectivity index (χ1n) is 5.53. The van der Waals surface area contributed by atoms with E-state index in [1.165, 1.54) is 18.5 Å². The number of hydrogen-bond donors (Lipinski definition) is 0. The molecule has 0 spiro atoms. The van der Waals surface area contributed by atoms with Crippen molar-refractivity contribution < 1.29 is 4.74 Å². The predicted molar refractivity (Wildman–Crippen MR) is 58.0 cm³/mol. The Bertz CT molecular complexity index is 247. The van der Waals surface area contributed by atoms with Crippen LogP contribution in [-0.2, 0) is 4.74 Å². The molecular formula is C12H19NO. The van der Waals surface area contributed by atoms with Crippen molar-refractivity contribution in [3.63, 3.8) is 0 Å². The molecule has 0 aromatic rings. The molecule has 1 aliphatic heterocycles. The van der Waals surface area contributed by atoms with Crippen molar-refractivity contribution in [2.75, 3.05) is 13.1 Å². The van der Waals surface area contributed by atoms with E-state index in [4.69, 9.17) is 4.74 Å². The van der Waals surface area contributed by atoms with Crippen molar-refractivity contribution in [3.05, 3.63) is 23.9 Å². The smallest absolute Gasteiger partial charge is 0.0726 e. The van der Waals surface area contributed by atoms with Crippen LogP contribution in [0.2, 0.25) is 0 Å². The van der Waals surface area contributed by atoms with Gasteiger partial charge < -0.3 is 9.64 Å². The number of hydrogen-bond acceptors (Lipinski definition) is 2. The number of rotatable bonds is 1. The highest BCUT2D eigenvalue weighted by molar-refractivity contribution is 5.21. The zero-order valence-corrected chi connectivity index (χ0v) is 9.07. The lowest BCUT2D eigenvalue weighted by molar-refractivity contribution is -0.0568. The average molecular weight is 193 g/mol. The Hall–Kier alpha value is -0.760. The van der Waals surface area contributed by atoms with Crippen LogP contribution in [0.3, 0.4) is 0 Å². The fourth-order valence-corrected chi connectivity index (χ4v) is 2.22. The van der Waals surface area contributed by atoms with Crippen LogP contribution in [0, 0.1) is 0 Å². The summed E-state index contributed by atoms with van der Waals surface area (Å²) in [5, 5.41) is 0. The third-order valence-corrected chi connectivity index (χ3v) is 2.76. The number of allylic oxidation sites excluding steroid dienone is 3. The van der Waals surface area contributed by atoms with Crippen molar-refractivity contribution >= 4 is 0 Å². The summed E-state index contributed by atoms with van der Waals surface area (Å²) in [5.74, 6) is 0. The number of morpholine rings is 1. The van der Waals surface area contributed by atoms with Crippen LogP contribution in [-0.4, -0.2) is 30.2 Å². The molecular weight excluding hydrogens is 174 g/mol. The molecule has 1 fully saturated rings. The van der Waals surface area contributed by atoms with Gasteiger partial charge >= 0.3 is 0 Å². The Morgan fingerprint density at radius 2 is 1.93 bits per heavy atom. The molecule has 0 saturated carbocycles. The van der Waals surface area contributed by atoms with Gasteiger partial charge in [0.2, 0.25) is 0 Å². The van der Waals surface area contributed by atoms with E-state index in [9.17, 15) is 0 Å². The summed E-state index contributed by atoms with van der Waals surface area (Å²) >= 11 is 0. The third-order valence-electron chi connectivity index (χ3n) is 2.76. The highest BCUT2D eigenvalue weighted by Crippen LogP contribution is 2.19. The monoisotopic (exact) mass is 193 g/mol. The lowest BCUT2D eigenvalue weighted by Gasteiger charge is -2.37. The summed E-state index contributed by atoms with van der Waals surface area (Å²) in [4.78, 5) is 2.44. The van der Waals surface area contributed by atoms with Crippen LogP contribution >= 0.6 is 0 Å². The first-order chi connectivity index (χ1) is 6.75. The summed E-state index contributed by atoms with van der Waals surface area (Å²) in [6, 6.07) is 0. The Kier molecular flexibility index (Phi) is 2.92. The van der Waals surface area contributed by atoms with Gasteiger partial charge in [-0.3, -0.25) is 0 Å². The second-order valence-corrected chi connectivity index (χ2v) is 4.27. The van der Waals surface area contributed by atoms with Crippen LogP contribution < -0.4 is 0 Å². The average Bonchev–Trinajstić information content (AvgIpc) is 2.18. The van der Waals surface area contributed by atoms with Gasteiger partial charge in [0.25, 0.3) is 0 Å². The molecule has 0 radical (unpaired) electrons. The molecule has 0 bridgehead atoms. The molecule has 0 aromatic carbocycles. The van der Waals surface area contributed by atoms with Gasteiger partial charge in [-0.2, -0.15) is 0 Å². The van der Waals surface area contributed by atoms with Gasteiger partial charge in [-0.15, -0.1) is 0 Å². The molecule has 78 valence electrons. The minimum atomic E-state index is 0.356. The van der Waals surface area contributed by atoms with Crippen LogP contribution in [0.1, 0.15) is 26.7 Å². The Balaban J connectivity index is 2.02. The molecule has 2 heteroatoms. The summed E-state index contributed by atoms with van der Waals surface area (Å²) in [5.41, 5.74) is 1.39. The lowest BCUT2D eigenvalue weighted by atomic mass is 10.1. The molecule has 2 rings (SSSR count). The second-order valence-electron chi connectivity index (χ2n) is 4.27. The maximum absolute atomic E-state index is 5.71. The molecule has 2 nitrogen and oxygen atoms in total. The molecule has 1 heterocycles. The Labute approximate surface area is 86.2 Å². The maximum atomic E-state index is 5.71. The third kappa shape index (κ3) is 2.18. The molecule has 14 heavy (non-hydrogen) atoms. The van der Waals surface area contributed by atoms with Gasteiger partial charge in [-0.05, 0) is 32.8 Å². The van der Waals surface area contributed by atoms with E-state index in [0.29, 0.717) is 12.2 Å². The molecule has 0 aromatic heterocycles. The zero-order chi connectivity index (χ0) is 9.97. The minimum Gasteiger partial charge on any atom is -0.372 e. The standard InChI is InChI=1S/C12H19NO/c1-10-8-13(9-11(2)14-10)12-6-4-3-5-7-12/h4,6-7,10-11H,3,5,8-9H2,1-2H3/t10-,11-/m1/s1. The van der Waals surface area contributed by atoms with Gasteiger partial charge in [0.05, 0.1) is 12.2 Å². The SMILES string of the molecule is C[C@@H]1CN(C2=CCCC=C2)C[C@@H](C)O1. The van der Waals surface area contributed by atoms with Gasteiger partial charge in [-0.1, -0.05) is 12.2 Å². The fraction of sp³-hybridized carbons (Fsp3) is 0.667. The van der Waals surface area contributed by atoms with Gasteiger partial charge in [-0.25, -0.2) is 0 Å². The van der Waals surface area contributed by atoms with E-state index < -0.39 is 0 Å². The number of ether oxygens (including phenoxy) is 1.